The maximum atomic E-state index is 5.82. The van der Waals surface area contributed by atoms with E-state index in [1.807, 2.05) is 31.2 Å². The van der Waals surface area contributed by atoms with Crippen LogP contribution in [0.4, 0.5) is 0 Å². The summed E-state index contributed by atoms with van der Waals surface area (Å²) >= 11 is 5.82. The molecule has 14 heavy (non-hydrogen) atoms. The summed E-state index contributed by atoms with van der Waals surface area (Å²) in [5.74, 6) is 0.856. The Labute approximate surface area is 87.5 Å². The summed E-state index contributed by atoms with van der Waals surface area (Å²) in [7, 11) is 0. The van der Waals surface area contributed by atoms with Crippen LogP contribution in [0.1, 0.15) is 6.92 Å². The average Bonchev–Trinajstić information content (AvgIpc) is 2.19. The first-order valence-corrected chi connectivity index (χ1v) is 4.86. The Hall–Kier alpha value is -1.28. The molecule has 0 N–H and O–H groups in total. The summed E-state index contributed by atoms with van der Waals surface area (Å²) in [5.41, 5.74) is 0. The number of hydrogen-bond donors (Lipinski definition) is 0. The molecule has 0 saturated carbocycles. The molecule has 1 aromatic carbocycles. The molecule has 1 aromatic heterocycles. The second-order valence-corrected chi connectivity index (χ2v) is 3.30. The number of nitrogens with zero attached hydrogens (tertiary/aromatic N) is 1. The first kappa shape index (κ1) is 9.28. The zero-order valence-electron chi connectivity index (χ0n) is 7.83. The van der Waals surface area contributed by atoms with E-state index in [9.17, 15) is 0 Å². The van der Waals surface area contributed by atoms with Crippen molar-refractivity contribution in [2.24, 2.45) is 0 Å². The lowest BCUT2D eigenvalue weighted by atomic mass is 10.1. The smallest absolute Gasteiger partial charge is 0.129 e. The van der Waals surface area contributed by atoms with Crippen molar-refractivity contribution in [2.75, 3.05) is 6.61 Å². The fourth-order valence-electron chi connectivity index (χ4n) is 1.40. The van der Waals surface area contributed by atoms with Gasteiger partial charge in [0.25, 0.3) is 0 Å². The number of ether oxygens (including phenoxy) is 1. The SMILES string of the molecule is CCOc1cccc2cnc(Cl)cc12. The molecule has 0 aliphatic carbocycles. The molecular formula is C11H10ClNO. The predicted molar refractivity (Wildman–Crippen MR) is 57.9 cm³/mol. The van der Waals surface area contributed by atoms with Crippen molar-refractivity contribution in [1.29, 1.82) is 0 Å². The Kier molecular flexibility index (Phi) is 2.55. The third-order valence-corrected chi connectivity index (χ3v) is 2.20. The van der Waals surface area contributed by atoms with Gasteiger partial charge in [0.15, 0.2) is 0 Å². The molecule has 0 aliphatic heterocycles. The van der Waals surface area contributed by atoms with Crippen LogP contribution in [0.25, 0.3) is 10.8 Å². The first-order chi connectivity index (χ1) is 6.81. The van der Waals surface area contributed by atoms with Crippen LogP contribution in [0.15, 0.2) is 30.5 Å². The van der Waals surface area contributed by atoms with Crippen molar-refractivity contribution in [2.45, 2.75) is 6.92 Å². The summed E-state index contributed by atoms with van der Waals surface area (Å²) in [6.07, 6.45) is 1.75. The Balaban J connectivity index is 2.64. The van der Waals surface area contributed by atoms with Gasteiger partial charge < -0.3 is 4.74 Å². The lowest BCUT2D eigenvalue weighted by Crippen LogP contribution is -1.92. The first-order valence-electron chi connectivity index (χ1n) is 4.48. The highest BCUT2D eigenvalue weighted by Crippen LogP contribution is 2.26. The summed E-state index contributed by atoms with van der Waals surface area (Å²) in [4.78, 5) is 4.02. The Morgan fingerprint density at radius 2 is 2.29 bits per heavy atom. The zero-order valence-corrected chi connectivity index (χ0v) is 8.58. The normalized spacial score (nSPS) is 10.4. The monoisotopic (exact) mass is 207 g/mol. The van der Waals surface area contributed by atoms with Crippen LogP contribution in [0.5, 0.6) is 5.75 Å². The molecule has 0 atom stereocenters. The van der Waals surface area contributed by atoms with Crippen LogP contribution >= 0.6 is 11.6 Å². The van der Waals surface area contributed by atoms with E-state index >= 15 is 0 Å². The van der Waals surface area contributed by atoms with E-state index < -0.39 is 0 Å². The van der Waals surface area contributed by atoms with Gasteiger partial charge >= 0.3 is 0 Å². The molecule has 0 spiro atoms. The van der Waals surface area contributed by atoms with Crippen molar-refractivity contribution in [3.8, 4) is 5.75 Å². The Bertz CT molecular complexity index is 456. The molecule has 2 rings (SSSR count). The second-order valence-electron chi connectivity index (χ2n) is 2.92. The van der Waals surface area contributed by atoms with E-state index in [2.05, 4.69) is 4.98 Å². The van der Waals surface area contributed by atoms with E-state index in [1.165, 1.54) is 0 Å². The van der Waals surface area contributed by atoms with Crippen molar-refractivity contribution < 1.29 is 4.74 Å². The predicted octanol–water partition coefficient (Wildman–Crippen LogP) is 3.29. The van der Waals surface area contributed by atoms with Crippen molar-refractivity contribution in [1.82, 2.24) is 4.98 Å². The molecule has 2 aromatic rings. The van der Waals surface area contributed by atoms with Crippen molar-refractivity contribution in [3.05, 3.63) is 35.6 Å². The minimum Gasteiger partial charge on any atom is -0.493 e. The number of fused-ring (bicyclic) bond motifs is 1. The van der Waals surface area contributed by atoms with Gasteiger partial charge in [0.1, 0.15) is 10.9 Å². The molecule has 0 bridgehead atoms. The third-order valence-electron chi connectivity index (χ3n) is 1.99. The van der Waals surface area contributed by atoms with E-state index in [0.29, 0.717) is 11.8 Å². The largest absolute Gasteiger partial charge is 0.493 e. The number of hydrogen-bond acceptors (Lipinski definition) is 2. The summed E-state index contributed by atoms with van der Waals surface area (Å²) in [6, 6.07) is 7.69. The number of aromatic nitrogens is 1. The van der Waals surface area contributed by atoms with Gasteiger partial charge in [-0.3, -0.25) is 0 Å². The average molecular weight is 208 g/mol. The molecule has 0 amide bonds. The van der Waals surface area contributed by atoms with Crippen LogP contribution in [0.3, 0.4) is 0 Å². The summed E-state index contributed by atoms with van der Waals surface area (Å²) < 4.78 is 5.49. The molecule has 72 valence electrons. The van der Waals surface area contributed by atoms with Gasteiger partial charge in [-0.1, -0.05) is 23.7 Å². The van der Waals surface area contributed by atoms with Gasteiger partial charge in [0.2, 0.25) is 0 Å². The number of benzene rings is 1. The standard InChI is InChI=1S/C11H10ClNO/c1-2-14-10-5-3-4-8-7-13-11(12)6-9(8)10/h3-7H,2H2,1H3. The van der Waals surface area contributed by atoms with Crippen LogP contribution in [-0.4, -0.2) is 11.6 Å². The molecule has 0 fully saturated rings. The molecule has 2 nitrogen and oxygen atoms in total. The van der Waals surface area contributed by atoms with E-state index in [-0.39, 0.29) is 0 Å². The number of pyridine rings is 1. The molecule has 0 saturated heterocycles. The fourth-order valence-corrected chi connectivity index (χ4v) is 1.55. The second kappa shape index (κ2) is 3.84. The highest BCUT2D eigenvalue weighted by atomic mass is 35.5. The van der Waals surface area contributed by atoms with Crippen molar-refractivity contribution in [3.63, 3.8) is 0 Å². The minimum absolute atomic E-state index is 0.490. The van der Waals surface area contributed by atoms with E-state index in [0.717, 1.165) is 16.5 Å². The van der Waals surface area contributed by atoms with Crippen LogP contribution in [-0.2, 0) is 0 Å². The molecule has 0 aliphatic rings. The molecule has 0 radical (unpaired) electrons. The Morgan fingerprint density at radius 1 is 1.43 bits per heavy atom. The highest BCUT2D eigenvalue weighted by Gasteiger charge is 2.02. The lowest BCUT2D eigenvalue weighted by Gasteiger charge is -2.06. The number of rotatable bonds is 2. The maximum absolute atomic E-state index is 5.82. The maximum Gasteiger partial charge on any atom is 0.129 e. The number of halogens is 1. The molecule has 0 unspecified atom stereocenters. The van der Waals surface area contributed by atoms with E-state index in [4.69, 9.17) is 16.3 Å². The van der Waals surface area contributed by atoms with Crippen LogP contribution in [0, 0.1) is 0 Å². The summed E-state index contributed by atoms with van der Waals surface area (Å²) in [6.45, 7) is 2.61. The van der Waals surface area contributed by atoms with Gasteiger partial charge in [-0.25, -0.2) is 4.98 Å². The van der Waals surface area contributed by atoms with Gasteiger partial charge in [0.05, 0.1) is 6.61 Å². The molecule has 1 heterocycles. The van der Waals surface area contributed by atoms with Gasteiger partial charge in [-0.2, -0.15) is 0 Å². The molecular weight excluding hydrogens is 198 g/mol. The summed E-state index contributed by atoms with van der Waals surface area (Å²) in [5, 5.41) is 2.54. The Morgan fingerprint density at radius 3 is 3.07 bits per heavy atom. The minimum atomic E-state index is 0.490. The fraction of sp³-hybridized carbons (Fsp3) is 0.182. The van der Waals surface area contributed by atoms with Gasteiger partial charge in [-0.15, -0.1) is 0 Å². The molecule has 3 heteroatoms. The van der Waals surface area contributed by atoms with Crippen LogP contribution < -0.4 is 4.74 Å². The highest BCUT2D eigenvalue weighted by molar-refractivity contribution is 6.30. The zero-order chi connectivity index (χ0) is 9.97. The van der Waals surface area contributed by atoms with Crippen molar-refractivity contribution >= 4 is 22.4 Å². The van der Waals surface area contributed by atoms with E-state index in [1.54, 1.807) is 6.20 Å². The quantitative estimate of drug-likeness (QED) is 0.705. The van der Waals surface area contributed by atoms with Crippen LogP contribution in [0.2, 0.25) is 5.15 Å². The van der Waals surface area contributed by atoms with Gasteiger partial charge in [0, 0.05) is 17.0 Å². The van der Waals surface area contributed by atoms with Gasteiger partial charge in [-0.05, 0) is 19.1 Å². The topological polar surface area (TPSA) is 22.1 Å². The third kappa shape index (κ3) is 1.66. The lowest BCUT2D eigenvalue weighted by molar-refractivity contribution is 0.344.